The average molecular weight is 368 g/mol. The van der Waals surface area contributed by atoms with E-state index in [1.807, 2.05) is 13.8 Å². The molecular weight excluding hydrogens is 340 g/mol. The predicted molar refractivity (Wildman–Crippen MR) is 96.6 cm³/mol. The van der Waals surface area contributed by atoms with E-state index in [1.54, 1.807) is 16.4 Å². The summed E-state index contributed by atoms with van der Waals surface area (Å²) in [5.41, 5.74) is 1.98. The molecule has 2 fully saturated rings. The lowest BCUT2D eigenvalue weighted by Crippen LogP contribution is -2.50. The van der Waals surface area contributed by atoms with E-state index in [0.717, 1.165) is 50.2 Å². The van der Waals surface area contributed by atoms with Gasteiger partial charge in [-0.2, -0.15) is 4.31 Å². The third kappa shape index (κ3) is 4.00. The normalized spacial score (nSPS) is 23.1. The molecule has 3 rings (SSSR count). The van der Waals surface area contributed by atoms with Crippen molar-refractivity contribution in [2.24, 2.45) is 0 Å². The van der Waals surface area contributed by atoms with Crippen molar-refractivity contribution in [2.75, 3.05) is 46.4 Å². The van der Waals surface area contributed by atoms with Crippen LogP contribution in [0.4, 0.5) is 0 Å². The number of rotatable bonds is 5. The standard InChI is InChI=1S/C18H28N2O4S/c1-14-11-17(23-3)18(12-15(14)2)25(21,22)20-8-6-19(7-9-20)13-16-5-4-10-24-16/h11-12,16H,4-10,13H2,1-3H3. The Morgan fingerprint density at radius 3 is 2.44 bits per heavy atom. The van der Waals surface area contributed by atoms with Crippen molar-refractivity contribution in [3.63, 3.8) is 0 Å². The molecule has 0 saturated carbocycles. The summed E-state index contributed by atoms with van der Waals surface area (Å²) in [4.78, 5) is 2.57. The molecule has 1 aromatic carbocycles. The van der Waals surface area contributed by atoms with Crippen molar-refractivity contribution in [2.45, 2.75) is 37.7 Å². The first-order chi connectivity index (χ1) is 11.9. The van der Waals surface area contributed by atoms with Gasteiger partial charge in [0.15, 0.2) is 0 Å². The molecule has 1 aromatic rings. The molecule has 0 aromatic heterocycles. The van der Waals surface area contributed by atoms with Crippen molar-refractivity contribution >= 4 is 10.0 Å². The summed E-state index contributed by atoms with van der Waals surface area (Å²) < 4.78 is 38.8. The Morgan fingerprint density at radius 2 is 1.84 bits per heavy atom. The maximum Gasteiger partial charge on any atom is 0.246 e. The number of sulfonamides is 1. The summed E-state index contributed by atoms with van der Waals surface area (Å²) >= 11 is 0. The van der Waals surface area contributed by atoms with Gasteiger partial charge in [-0.25, -0.2) is 8.42 Å². The fourth-order valence-corrected chi connectivity index (χ4v) is 5.14. The van der Waals surface area contributed by atoms with Gasteiger partial charge in [0, 0.05) is 39.3 Å². The molecule has 0 bridgehead atoms. The van der Waals surface area contributed by atoms with Crippen LogP contribution in [0.5, 0.6) is 5.75 Å². The maximum atomic E-state index is 13.1. The molecule has 0 N–H and O–H groups in total. The van der Waals surface area contributed by atoms with Crippen LogP contribution in [0, 0.1) is 13.8 Å². The summed E-state index contributed by atoms with van der Waals surface area (Å²) in [6, 6.07) is 3.53. The molecule has 0 radical (unpaired) electrons. The number of nitrogens with zero attached hydrogens (tertiary/aromatic N) is 2. The predicted octanol–water partition coefficient (Wildman–Crippen LogP) is 1.80. The second kappa shape index (κ2) is 7.61. The molecule has 0 spiro atoms. The largest absolute Gasteiger partial charge is 0.495 e. The number of aryl methyl sites for hydroxylation is 2. The first kappa shape index (κ1) is 18.6. The van der Waals surface area contributed by atoms with E-state index in [2.05, 4.69) is 4.90 Å². The third-order valence-electron chi connectivity index (χ3n) is 5.21. The maximum absolute atomic E-state index is 13.1. The van der Waals surface area contributed by atoms with Crippen LogP contribution in [-0.4, -0.2) is 70.2 Å². The van der Waals surface area contributed by atoms with Gasteiger partial charge >= 0.3 is 0 Å². The van der Waals surface area contributed by atoms with Crippen molar-refractivity contribution in [1.29, 1.82) is 0 Å². The Labute approximate surface area is 150 Å². The van der Waals surface area contributed by atoms with Gasteiger partial charge in [-0.15, -0.1) is 0 Å². The highest BCUT2D eigenvalue weighted by atomic mass is 32.2. The first-order valence-corrected chi connectivity index (χ1v) is 10.3. The van der Waals surface area contributed by atoms with Gasteiger partial charge in [-0.3, -0.25) is 4.90 Å². The second-order valence-corrected chi connectivity index (χ2v) is 8.83. The first-order valence-electron chi connectivity index (χ1n) is 8.91. The molecule has 140 valence electrons. The molecule has 1 atom stereocenters. The van der Waals surface area contributed by atoms with Crippen molar-refractivity contribution < 1.29 is 17.9 Å². The highest BCUT2D eigenvalue weighted by molar-refractivity contribution is 7.89. The zero-order chi connectivity index (χ0) is 18.0. The molecule has 0 amide bonds. The minimum absolute atomic E-state index is 0.269. The molecule has 1 unspecified atom stereocenters. The van der Waals surface area contributed by atoms with Crippen LogP contribution in [0.3, 0.4) is 0 Å². The van der Waals surface area contributed by atoms with Crippen molar-refractivity contribution in [3.8, 4) is 5.75 Å². The zero-order valence-corrected chi connectivity index (χ0v) is 16.1. The Morgan fingerprint density at radius 1 is 1.16 bits per heavy atom. The molecule has 0 aliphatic carbocycles. The minimum Gasteiger partial charge on any atom is -0.495 e. The van der Waals surface area contributed by atoms with Crippen LogP contribution in [0.2, 0.25) is 0 Å². The van der Waals surface area contributed by atoms with Crippen LogP contribution in [-0.2, 0) is 14.8 Å². The molecular formula is C18H28N2O4S. The molecule has 25 heavy (non-hydrogen) atoms. The number of hydrogen-bond acceptors (Lipinski definition) is 5. The van der Waals surface area contributed by atoms with Crippen molar-refractivity contribution in [3.05, 3.63) is 23.3 Å². The second-order valence-electron chi connectivity index (χ2n) is 6.93. The Balaban J connectivity index is 1.70. The van der Waals surface area contributed by atoms with Crippen LogP contribution in [0.15, 0.2) is 17.0 Å². The highest BCUT2D eigenvalue weighted by Crippen LogP contribution is 2.30. The van der Waals surface area contributed by atoms with E-state index in [9.17, 15) is 8.42 Å². The lowest BCUT2D eigenvalue weighted by atomic mass is 10.1. The van der Waals surface area contributed by atoms with E-state index in [4.69, 9.17) is 9.47 Å². The average Bonchev–Trinajstić information content (AvgIpc) is 3.10. The van der Waals surface area contributed by atoms with Crippen LogP contribution < -0.4 is 4.74 Å². The van der Waals surface area contributed by atoms with Crippen molar-refractivity contribution in [1.82, 2.24) is 9.21 Å². The summed E-state index contributed by atoms with van der Waals surface area (Å²) in [6.45, 7) is 8.13. The SMILES string of the molecule is COc1cc(C)c(C)cc1S(=O)(=O)N1CCN(CC2CCCO2)CC1. The van der Waals surface area contributed by atoms with E-state index < -0.39 is 10.0 Å². The Kier molecular flexibility index (Phi) is 5.68. The number of methoxy groups -OCH3 is 1. The summed E-state index contributed by atoms with van der Waals surface area (Å²) in [7, 11) is -2.03. The lowest BCUT2D eigenvalue weighted by Gasteiger charge is -2.35. The molecule has 2 aliphatic heterocycles. The smallest absolute Gasteiger partial charge is 0.246 e. The Bertz CT molecular complexity index is 706. The molecule has 7 heteroatoms. The third-order valence-corrected chi connectivity index (χ3v) is 7.13. The molecule has 2 aliphatic rings. The topological polar surface area (TPSA) is 59.1 Å². The van der Waals surface area contributed by atoms with E-state index in [-0.39, 0.29) is 4.90 Å². The van der Waals surface area contributed by atoms with Gasteiger partial charge in [0.2, 0.25) is 10.0 Å². The van der Waals surface area contributed by atoms with Gasteiger partial charge in [0.1, 0.15) is 10.6 Å². The van der Waals surface area contributed by atoms with Crippen LogP contribution >= 0.6 is 0 Å². The van der Waals surface area contributed by atoms with Gasteiger partial charge in [0.25, 0.3) is 0 Å². The highest BCUT2D eigenvalue weighted by Gasteiger charge is 2.32. The summed E-state index contributed by atoms with van der Waals surface area (Å²) in [5.74, 6) is 0.421. The van der Waals surface area contributed by atoms with Gasteiger partial charge in [-0.1, -0.05) is 0 Å². The van der Waals surface area contributed by atoms with Crippen LogP contribution in [0.1, 0.15) is 24.0 Å². The number of hydrogen-bond donors (Lipinski definition) is 0. The summed E-state index contributed by atoms with van der Waals surface area (Å²) in [5, 5.41) is 0. The van der Waals surface area contributed by atoms with E-state index in [1.165, 1.54) is 7.11 Å². The fourth-order valence-electron chi connectivity index (χ4n) is 3.49. The van der Waals surface area contributed by atoms with E-state index >= 15 is 0 Å². The Hall–Kier alpha value is -1.15. The quantitative estimate of drug-likeness (QED) is 0.793. The van der Waals surface area contributed by atoms with Crippen LogP contribution in [0.25, 0.3) is 0 Å². The van der Waals surface area contributed by atoms with Gasteiger partial charge in [-0.05, 0) is 49.9 Å². The molecule has 2 heterocycles. The van der Waals surface area contributed by atoms with Gasteiger partial charge in [0.05, 0.1) is 13.2 Å². The minimum atomic E-state index is -3.54. The zero-order valence-electron chi connectivity index (χ0n) is 15.3. The molecule has 6 nitrogen and oxygen atoms in total. The lowest BCUT2D eigenvalue weighted by molar-refractivity contribution is 0.0617. The summed E-state index contributed by atoms with van der Waals surface area (Å²) in [6.07, 6.45) is 2.55. The van der Waals surface area contributed by atoms with Gasteiger partial charge < -0.3 is 9.47 Å². The molecule has 2 saturated heterocycles. The monoisotopic (exact) mass is 368 g/mol. The number of ether oxygens (including phenoxy) is 2. The van der Waals surface area contributed by atoms with E-state index in [0.29, 0.717) is 24.9 Å². The fraction of sp³-hybridized carbons (Fsp3) is 0.667. The number of benzene rings is 1. The number of piperazine rings is 1.